The highest BCUT2D eigenvalue weighted by Crippen LogP contribution is 2.16. The summed E-state index contributed by atoms with van der Waals surface area (Å²) in [5.74, 6) is -2.04. The molecule has 1 aromatic rings. The van der Waals surface area contributed by atoms with Crippen LogP contribution in [0.25, 0.3) is 0 Å². The van der Waals surface area contributed by atoms with Gasteiger partial charge in [-0.15, -0.1) is 0 Å². The number of carbonyl (C=O) groups is 2. The number of halogens is 1. The monoisotopic (exact) mass is 283 g/mol. The number of amides is 1. The molecule has 0 radical (unpaired) electrons. The molecular weight excluding hydrogens is 265 g/mol. The first kappa shape index (κ1) is 15.9. The zero-order valence-electron chi connectivity index (χ0n) is 11.4. The lowest BCUT2D eigenvalue weighted by molar-refractivity contribution is -0.138. The average molecular weight is 283 g/mol. The molecule has 1 aromatic carbocycles. The summed E-state index contributed by atoms with van der Waals surface area (Å²) in [6.07, 6.45) is -0.882. The second kappa shape index (κ2) is 7.47. The molecule has 110 valence electrons. The zero-order valence-corrected chi connectivity index (χ0v) is 11.4. The van der Waals surface area contributed by atoms with Crippen molar-refractivity contribution in [2.24, 2.45) is 5.92 Å². The molecule has 6 heteroatoms. The van der Waals surface area contributed by atoms with E-state index in [9.17, 15) is 14.0 Å². The van der Waals surface area contributed by atoms with Gasteiger partial charge in [0.15, 0.2) is 17.7 Å². The van der Waals surface area contributed by atoms with Gasteiger partial charge >= 0.3 is 5.97 Å². The van der Waals surface area contributed by atoms with Gasteiger partial charge in [-0.3, -0.25) is 9.59 Å². The molecule has 2 atom stereocenters. The number of para-hydroxylation sites is 1. The fourth-order valence-corrected chi connectivity index (χ4v) is 1.57. The van der Waals surface area contributed by atoms with Crippen molar-refractivity contribution >= 4 is 11.9 Å². The Hall–Kier alpha value is -2.11. The molecule has 0 aliphatic heterocycles. The first-order valence-corrected chi connectivity index (χ1v) is 6.30. The number of aliphatic carboxylic acids is 1. The Balaban J connectivity index is 2.44. The van der Waals surface area contributed by atoms with Crippen molar-refractivity contribution in [3.05, 3.63) is 30.1 Å². The summed E-state index contributed by atoms with van der Waals surface area (Å²) in [5.41, 5.74) is 0. The normalized spacial score (nSPS) is 13.3. The summed E-state index contributed by atoms with van der Waals surface area (Å²) < 4.78 is 18.6. The average Bonchev–Trinajstić information content (AvgIpc) is 2.37. The summed E-state index contributed by atoms with van der Waals surface area (Å²) in [6.45, 7) is 3.45. The second-order valence-corrected chi connectivity index (χ2v) is 4.64. The minimum Gasteiger partial charge on any atom is -0.481 e. The van der Waals surface area contributed by atoms with Crippen molar-refractivity contribution in [3.63, 3.8) is 0 Å². The molecule has 0 aliphatic carbocycles. The van der Waals surface area contributed by atoms with Crippen LogP contribution >= 0.6 is 0 Å². The van der Waals surface area contributed by atoms with Crippen molar-refractivity contribution in [2.45, 2.75) is 26.4 Å². The first-order chi connectivity index (χ1) is 9.40. The zero-order chi connectivity index (χ0) is 15.1. The third-order valence-corrected chi connectivity index (χ3v) is 2.66. The molecule has 20 heavy (non-hydrogen) atoms. The van der Waals surface area contributed by atoms with E-state index in [4.69, 9.17) is 9.84 Å². The summed E-state index contributed by atoms with van der Waals surface area (Å²) in [6, 6.07) is 5.82. The van der Waals surface area contributed by atoms with Crippen molar-refractivity contribution in [3.8, 4) is 5.75 Å². The molecule has 0 saturated carbocycles. The number of benzene rings is 1. The molecule has 0 fully saturated rings. The minimum atomic E-state index is -0.914. The predicted molar refractivity (Wildman–Crippen MR) is 70.9 cm³/mol. The van der Waals surface area contributed by atoms with E-state index in [1.807, 2.05) is 0 Å². The maximum atomic E-state index is 13.3. The summed E-state index contributed by atoms with van der Waals surface area (Å²) in [4.78, 5) is 22.2. The number of hydrogen-bond acceptors (Lipinski definition) is 3. The highest BCUT2D eigenvalue weighted by atomic mass is 19.1. The van der Waals surface area contributed by atoms with E-state index in [2.05, 4.69) is 5.32 Å². The van der Waals surface area contributed by atoms with Crippen molar-refractivity contribution in [2.75, 3.05) is 6.54 Å². The van der Waals surface area contributed by atoms with Crippen LogP contribution in [-0.4, -0.2) is 29.6 Å². The number of nitrogens with one attached hydrogen (secondary N) is 1. The molecule has 0 bridgehead atoms. The van der Waals surface area contributed by atoms with Gasteiger partial charge in [-0.1, -0.05) is 19.1 Å². The Kier molecular flexibility index (Phi) is 5.96. The van der Waals surface area contributed by atoms with Crippen LogP contribution in [0.2, 0.25) is 0 Å². The molecule has 2 unspecified atom stereocenters. The van der Waals surface area contributed by atoms with Crippen LogP contribution < -0.4 is 10.1 Å². The van der Waals surface area contributed by atoms with Crippen molar-refractivity contribution in [1.82, 2.24) is 5.32 Å². The smallest absolute Gasteiger partial charge is 0.303 e. The van der Waals surface area contributed by atoms with E-state index in [0.717, 1.165) is 0 Å². The molecule has 1 rings (SSSR count). The van der Waals surface area contributed by atoms with Gasteiger partial charge in [-0.05, 0) is 25.0 Å². The predicted octanol–water partition coefficient (Wildman–Crippen LogP) is 1.82. The number of carbonyl (C=O) groups excluding carboxylic acids is 1. The Morgan fingerprint density at radius 2 is 2.00 bits per heavy atom. The Morgan fingerprint density at radius 1 is 1.35 bits per heavy atom. The fraction of sp³-hybridized carbons (Fsp3) is 0.429. The Morgan fingerprint density at radius 3 is 2.60 bits per heavy atom. The van der Waals surface area contributed by atoms with Gasteiger partial charge in [0.2, 0.25) is 0 Å². The number of carboxylic acids is 1. The Bertz CT molecular complexity index is 478. The fourth-order valence-electron chi connectivity index (χ4n) is 1.57. The van der Waals surface area contributed by atoms with Crippen LogP contribution in [0.4, 0.5) is 4.39 Å². The minimum absolute atomic E-state index is 0.00809. The molecule has 0 saturated heterocycles. The van der Waals surface area contributed by atoms with Gasteiger partial charge < -0.3 is 15.2 Å². The van der Waals surface area contributed by atoms with Gasteiger partial charge in [0.25, 0.3) is 5.91 Å². The maximum absolute atomic E-state index is 13.3. The van der Waals surface area contributed by atoms with Crippen LogP contribution in [0, 0.1) is 11.7 Å². The third-order valence-electron chi connectivity index (χ3n) is 2.66. The van der Waals surface area contributed by atoms with Gasteiger partial charge in [-0.25, -0.2) is 4.39 Å². The van der Waals surface area contributed by atoms with Gasteiger partial charge in [0.1, 0.15) is 0 Å². The molecule has 0 spiro atoms. The standard InChI is InChI=1S/C14H18FNO4/c1-9(7-13(17)18)8-16-14(19)10(2)20-12-6-4-3-5-11(12)15/h3-6,9-10H,7-8H2,1-2H3,(H,16,19)(H,17,18). The highest BCUT2D eigenvalue weighted by Gasteiger charge is 2.17. The second-order valence-electron chi connectivity index (χ2n) is 4.64. The van der Waals surface area contributed by atoms with E-state index in [1.165, 1.54) is 25.1 Å². The molecular formula is C14H18FNO4. The SMILES string of the molecule is CC(CNC(=O)C(C)Oc1ccccc1F)CC(=O)O. The molecule has 0 heterocycles. The van der Waals surface area contributed by atoms with Crippen LogP contribution in [0.15, 0.2) is 24.3 Å². The molecule has 2 N–H and O–H groups in total. The summed E-state index contributed by atoms with van der Waals surface area (Å²) in [7, 11) is 0. The highest BCUT2D eigenvalue weighted by molar-refractivity contribution is 5.80. The molecule has 5 nitrogen and oxygen atoms in total. The lowest BCUT2D eigenvalue weighted by Gasteiger charge is -2.16. The number of rotatable bonds is 7. The van der Waals surface area contributed by atoms with E-state index in [-0.39, 0.29) is 24.6 Å². The van der Waals surface area contributed by atoms with E-state index in [0.29, 0.717) is 0 Å². The lowest BCUT2D eigenvalue weighted by Crippen LogP contribution is -2.38. The van der Waals surface area contributed by atoms with Crippen LogP contribution in [-0.2, 0) is 9.59 Å². The van der Waals surface area contributed by atoms with Crippen molar-refractivity contribution < 1.29 is 23.8 Å². The summed E-state index contributed by atoms with van der Waals surface area (Å²) >= 11 is 0. The van der Waals surface area contributed by atoms with Gasteiger partial charge in [-0.2, -0.15) is 0 Å². The van der Waals surface area contributed by atoms with E-state index >= 15 is 0 Å². The molecule has 0 aromatic heterocycles. The van der Waals surface area contributed by atoms with Crippen LogP contribution in [0.5, 0.6) is 5.75 Å². The van der Waals surface area contributed by atoms with E-state index in [1.54, 1.807) is 13.0 Å². The number of ether oxygens (including phenoxy) is 1. The van der Waals surface area contributed by atoms with Crippen molar-refractivity contribution in [1.29, 1.82) is 0 Å². The Labute approximate surface area is 116 Å². The van der Waals surface area contributed by atoms with Crippen LogP contribution in [0.1, 0.15) is 20.3 Å². The topological polar surface area (TPSA) is 75.6 Å². The van der Waals surface area contributed by atoms with E-state index < -0.39 is 23.8 Å². The van der Waals surface area contributed by atoms with Crippen LogP contribution in [0.3, 0.4) is 0 Å². The largest absolute Gasteiger partial charge is 0.481 e. The van der Waals surface area contributed by atoms with Gasteiger partial charge in [0.05, 0.1) is 0 Å². The molecule has 1 amide bonds. The third kappa shape index (κ3) is 5.26. The first-order valence-electron chi connectivity index (χ1n) is 6.30. The molecule has 0 aliphatic rings. The lowest BCUT2D eigenvalue weighted by atomic mass is 10.1. The van der Waals surface area contributed by atoms with Gasteiger partial charge in [0, 0.05) is 13.0 Å². The maximum Gasteiger partial charge on any atom is 0.303 e. The number of carboxylic acid groups (broad SMARTS) is 1. The number of hydrogen-bond donors (Lipinski definition) is 2. The quantitative estimate of drug-likeness (QED) is 0.800. The summed E-state index contributed by atoms with van der Waals surface area (Å²) in [5, 5.41) is 11.2.